The molecule has 29 heavy (non-hydrogen) atoms. The van der Waals surface area contributed by atoms with Crippen LogP contribution < -0.4 is 9.62 Å². The summed E-state index contributed by atoms with van der Waals surface area (Å²) in [5.41, 5.74) is -1.15. The number of nitro benzene ring substituents is 1. The number of carbonyl (C=O) groups excluding carboxylic acids is 1. The summed E-state index contributed by atoms with van der Waals surface area (Å²) in [5, 5.41) is 13.2. The Morgan fingerprint density at radius 3 is 2.41 bits per heavy atom. The molecule has 0 aliphatic heterocycles. The van der Waals surface area contributed by atoms with Gasteiger partial charge in [-0.2, -0.15) is 13.2 Å². The van der Waals surface area contributed by atoms with Gasteiger partial charge in [-0.25, -0.2) is 8.42 Å². The Hall–Kier alpha value is -3.15. The Labute approximate surface area is 164 Å². The van der Waals surface area contributed by atoms with Gasteiger partial charge >= 0.3 is 6.18 Å². The summed E-state index contributed by atoms with van der Waals surface area (Å²) in [7, 11) is -3.96. The summed E-state index contributed by atoms with van der Waals surface area (Å²) in [6.07, 6.45) is -3.71. The van der Waals surface area contributed by atoms with E-state index in [1.165, 1.54) is 24.3 Å². The van der Waals surface area contributed by atoms with Crippen LogP contribution in [0.1, 0.15) is 11.1 Å². The number of nitrogens with zero attached hydrogens (tertiary/aromatic N) is 2. The summed E-state index contributed by atoms with van der Waals surface area (Å²) in [5.74, 6) is -0.792. The lowest BCUT2D eigenvalue weighted by molar-refractivity contribution is -0.384. The molecule has 0 heterocycles. The van der Waals surface area contributed by atoms with Gasteiger partial charge in [0.1, 0.15) is 6.54 Å². The van der Waals surface area contributed by atoms with Crippen LogP contribution in [0.25, 0.3) is 0 Å². The Kier molecular flexibility index (Phi) is 6.47. The molecule has 0 radical (unpaired) electrons. The average Bonchev–Trinajstić information content (AvgIpc) is 2.63. The molecule has 1 amide bonds. The molecule has 156 valence electrons. The van der Waals surface area contributed by atoms with Crippen molar-refractivity contribution >= 4 is 27.3 Å². The van der Waals surface area contributed by atoms with Gasteiger partial charge in [-0.3, -0.25) is 19.2 Å². The van der Waals surface area contributed by atoms with Crippen molar-refractivity contribution in [2.75, 3.05) is 17.1 Å². The SMILES string of the molecule is CS(=O)(=O)N(CC(=O)NCc1cccc(C(F)(F)F)c1)c1cccc([N+](=O)[O-])c1. The van der Waals surface area contributed by atoms with Gasteiger partial charge in [0.2, 0.25) is 15.9 Å². The standard InChI is InChI=1S/C17H16F3N3O5S/c1-29(27,28)22(14-6-3-7-15(9-14)23(25)26)11-16(24)21-10-12-4-2-5-13(8-12)17(18,19)20/h2-9H,10-11H2,1H3,(H,21,24). The van der Waals surface area contributed by atoms with E-state index in [0.29, 0.717) is 4.31 Å². The first-order valence-corrected chi connectivity index (χ1v) is 9.88. The molecule has 0 saturated carbocycles. The normalized spacial score (nSPS) is 11.7. The highest BCUT2D eigenvalue weighted by Crippen LogP contribution is 2.29. The predicted octanol–water partition coefficient (Wildman–Crippen LogP) is 2.70. The van der Waals surface area contributed by atoms with E-state index in [4.69, 9.17) is 0 Å². The Morgan fingerprint density at radius 2 is 1.83 bits per heavy atom. The van der Waals surface area contributed by atoms with E-state index >= 15 is 0 Å². The van der Waals surface area contributed by atoms with Crippen molar-refractivity contribution < 1.29 is 31.3 Å². The van der Waals surface area contributed by atoms with Crippen molar-refractivity contribution in [1.82, 2.24) is 5.32 Å². The number of hydrogen-bond acceptors (Lipinski definition) is 5. The molecule has 1 N–H and O–H groups in total. The molecule has 0 unspecified atom stereocenters. The van der Waals surface area contributed by atoms with Crippen LogP contribution in [0.2, 0.25) is 0 Å². The lowest BCUT2D eigenvalue weighted by atomic mass is 10.1. The van der Waals surface area contributed by atoms with Crippen LogP contribution >= 0.6 is 0 Å². The summed E-state index contributed by atoms with van der Waals surface area (Å²) in [6, 6.07) is 9.05. The van der Waals surface area contributed by atoms with Crippen molar-refractivity contribution in [3.8, 4) is 0 Å². The predicted molar refractivity (Wildman–Crippen MR) is 98.6 cm³/mol. The topological polar surface area (TPSA) is 110 Å². The van der Waals surface area contributed by atoms with Gasteiger partial charge in [0.05, 0.1) is 22.4 Å². The largest absolute Gasteiger partial charge is 0.416 e. The van der Waals surface area contributed by atoms with E-state index in [9.17, 15) is 36.5 Å². The minimum Gasteiger partial charge on any atom is -0.350 e. The van der Waals surface area contributed by atoms with Gasteiger partial charge in [-0.05, 0) is 23.8 Å². The van der Waals surface area contributed by atoms with Crippen LogP contribution in [0.3, 0.4) is 0 Å². The van der Waals surface area contributed by atoms with Crippen molar-refractivity contribution in [2.45, 2.75) is 12.7 Å². The van der Waals surface area contributed by atoms with Gasteiger partial charge < -0.3 is 5.32 Å². The lowest BCUT2D eigenvalue weighted by Gasteiger charge is -2.21. The summed E-state index contributed by atoms with van der Waals surface area (Å²) >= 11 is 0. The van der Waals surface area contributed by atoms with Crippen LogP contribution in [0, 0.1) is 10.1 Å². The van der Waals surface area contributed by atoms with E-state index < -0.39 is 39.1 Å². The monoisotopic (exact) mass is 431 g/mol. The molecule has 0 atom stereocenters. The number of sulfonamides is 1. The zero-order valence-corrected chi connectivity index (χ0v) is 15.8. The highest BCUT2D eigenvalue weighted by atomic mass is 32.2. The van der Waals surface area contributed by atoms with Crippen molar-refractivity contribution in [2.24, 2.45) is 0 Å². The minimum atomic E-state index is -4.53. The molecule has 0 aliphatic carbocycles. The molecule has 2 rings (SSSR count). The molecule has 0 aliphatic rings. The molecule has 0 spiro atoms. The second-order valence-corrected chi connectivity index (χ2v) is 7.93. The van der Waals surface area contributed by atoms with E-state index in [-0.39, 0.29) is 23.5 Å². The second-order valence-electron chi connectivity index (χ2n) is 6.02. The smallest absolute Gasteiger partial charge is 0.350 e. The first-order valence-electron chi connectivity index (χ1n) is 8.03. The van der Waals surface area contributed by atoms with Crippen LogP contribution in [0.15, 0.2) is 48.5 Å². The molecule has 0 saturated heterocycles. The molecule has 8 nitrogen and oxygen atoms in total. The molecular formula is C17H16F3N3O5S. The maximum Gasteiger partial charge on any atom is 0.416 e. The van der Waals surface area contributed by atoms with Gasteiger partial charge in [0.25, 0.3) is 5.69 Å². The number of non-ortho nitro benzene ring substituents is 1. The van der Waals surface area contributed by atoms with Crippen LogP contribution in [0.5, 0.6) is 0 Å². The lowest BCUT2D eigenvalue weighted by Crippen LogP contribution is -2.40. The van der Waals surface area contributed by atoms with Crippen LogP contribution in [-0.4, -0.2) is 32.0 Å². The number of rotatable bonds is 7. The molecule has 12 heteroatoms. The molecule has 0 bridgehead atoms. The van der Waals surface area contributed by atoms with Gasteiger partial charge in [0.15, 0.2) is 0 Å². The van der Waals surface area contributed by atoms with Gasteiger partial charge in [-0.1, -0.05) is 18.2 Å². The number of anilines is 1. The number of halogens is 3. The zero-order chi connectivity index (χ0) is 21.8. The third kappa shape index (κ3) is 6.17. The summed E-state index contributed by atoms with van der Waals surface area (Å²) < 4.78 is 62.9. The van der Waals surface area contributed by atoms with E-state index in [2.05, 4.69) is 5.32 Å². The van der Waals surface area contributed by atoms with Gasteiger partial charge in [-0.15, -0.1) is 0 Å². The Bertz CT molecular complexity index is 1020. The fraction of sp³-hybridized carbons (Fsp3) is 0.235. The number of carbonyl (C=O) groups is 1. The first kappa shape index (κ1) is 22.1. The molecule has 2 aromatic rings. The van der Waals surface area contributed by atoms with E-state index in [1.54, 1.807) is 0 Å². The highest BCUT2D eigenvalue weighted by Gasteiger charge is 2.30. The number of amides is 1. The fourth-order valence-electron chi connectivity index (χ4n) is 2.41. The van der Waals surface area contributed by atoms with E-state index in [1.807, 2.05) is 0 Å². The fourth-order valence-corrected chi connectivity index (χ4v) is 3.25. The summed E-state index contributed by atoms with van der Waals surface area (Å²) in [6.45, 7) is -0.950. The van der Waals surface area contributed by atoms with E-state index in [0.717, 1.165) is 30.5 Å². The Morgan fingerprint density at radius 1 is 1.17 bits per heavy atom. The van der Waals surface area contributed by atoms with Crippen LogP contribution in [0.4, 0.5) is 24.5 Å². The second kappa shape index (κ2) is 8.47. The third-order valence-electron chi connectivity index (χ3n) is 3.76. The minimum absolute atomic E-state index is 0.0871. The maximum absolute atomic E-state index is 12.7. The Balaban J connectivity index is 2.14. The molecule has 2 aromatic carbocycles. The molecular weight excluding hydrogens is 415 g/mol. The number of nitrogens with one attached hydrogen (secondary N) is 1. The molecule has 0 fully saturated rings. The average molecular weight is 431 g/mol. The zero-order valence-electron chi connectivity index (χ0n) is 15.0. The maximum atomic E-state index is 12.7. The van der Waals surface area contributed by atoms with Crippen molar-refractivity contribution in [3.63, 3.8) is 0 Å². The van der Waals surface area contributed by atoms with Crippen molar-refractivity contribution in [3.05, 3.63) is 69.8 Å². The van der Waals surface area contributed by atoms with Crippen LogP contribution in [-0.2, 0) is 27.5 Å². The highest BCUT2D eigenvalue weighted by molar-refractivity contribution is 7.92. The number of benzene rings is 2. The third-order valence-corrected chi connectivity index (χ3v) is 4.90. The van der Waals surface area contributed by atoms with Crippen molar-refractivity contribution in [1.29, 1.82) is 0 Å². The van der Waals surface area contributed by atoms with Gasteiger partial charge in [0, 0.05) is 18.7 Å². The number of nitro groups is 1. The number of hydrogen-bond donors (Lipinski definition) is 1. The molecule has 0 aromatic heterocycles. The quantitative estimate of drug-likeness (QED) is 0.536. The number of alkyl halides is 3. The first-order chi connectivity index (χ1) is 13.4. The summed E-state index contributed by atoms with van der Waals surface area (Å²) in [4.78, 5) is 22.3.